The number of hydrogen-bond acceptors (Lipinski definition) is 3. The molecule has 56 valence electrons. The van der Waals surface area contributed by atoms with Gasteiger partial charge in [-0.05, 0) is 13.1 Å². The first kappa shape index (κ1) is 9.10. The van der Waals surface area contributed by atoms with Crippen molar-refractivity contribution >= 4 is 8.32 Å². The maximum absolute atomic E-state index is 9.28. The summed E-state index contributed by atoms with van der Waals surface area (Å²) in [6.07, 6.45) is 0.740. The molecular weight excluding hydrogens is 132 g/mol. The molecule has 3 nitrogen and oxygen atoms in total. The summed E-state index contributed by atoms with van der Waals surface area (Å²) >= 11 is 0. The van der Waals surface area contributed by atoms with E-state index < -0.39 is 8.32 Å². The van der Waals surface area contributed by atoms with E-state index in [4.69, 9.17) is 5.73 Å². The summed E-state index contributed by atoms with van der Waals surface area (Å²) in [5.41, 5.74) is 5.23. The molecule has 0 radical (unpaired) electrons. The van der Waals surface area contributed by atoms with Crippen molar-refractivity contribution in [1.29, 1.82) is 0 Å². The molecule has 0 aromatic carbocycles. The van der Waals surface area contributed by atoms with Crippen molar-refractivity contribution in [3.63, 3.8) is 0 Å². The highest BCUT2D eigenvalue weighted by Gasteiger charge is 2.14. The first-order chi connectivity index (χ1) is 4.06. The van der Waals surface area contributed by atoms with Crippen molar-refractivity contribution in [2.24, 2.45) is 5.73 Å². The molecule has 4 heteroatoms. The van der Waals surface area contributed by atoms with E-state index in [0.717, 1.165) is 12.7 Å². The highest BCUT2D eigenvalue weighted by molar-refractivity contribution is 6.69. The molecule has 0 saturated carbocycles. The fraction of sp³-hybridized carbons (Fsp3) is 1.00. The Balaban J connectivity index is 3.07. The van der Waals surface area contributed by atoms with Crippen LogP contribution in [0, 0.1) is 0 Å². The van der Waals surface area contributed by atoms with Gasteiger partial charge in [-0.2, -0.15) is 0 Å². The van der Waals surface area contributed by atoms with Gasteiger partial charge in [-0.3, -0.25) is 0 Å². The molecule has 0 bridgehead atoms. The lowest BCUT2D eigenvalue weighted by atomic mass is 10.7. The lowest BCUT2D eigenvalue weighted by Crippen LogP contribution is -2.41. The van der Waals surface area contributed by atoms with Crippen LogP contribution in [0.1, 0.15) is 0 Å². The van der Waals surface area contributed by atoms with Crippen LogP contribution in [0.25, 0.3) is 0 Å². The summed E-state index contributed by atoms with van der Waals surface area (Å²) in [5, 5.41) is 3.06. The average Bonchev–Trinajstić information content (AvgIpc) is 1.63. The van der Waals surface area contributed by atoms with Gasteiger partial charge in [0.2, 0.25) is 0 Å². The van der Waals surface area contributed by atoms with Crippen LogP contribution >= 0.6 is 0 Å². The maximum atomic E-state index is 9.28. The van der Waals surface area contributed by atoms with Gasteiger partial charge < -0.3 is 15.8 Å². The van der Waals surface area contributed by atoms with Gasteiger partial charge in [0.1, 0.15) is 0 Å². The third kappa shape index (κ3) is 8.10. The van der Waals surface area contributed by atoms with Crippen LogP contribution in [-0.4, -0.2) is 32.4 Å². The van der Waals surface area contributed by atoms with Crippen LogP contribution in [0.5, 0.6) is 0 Å². The Hall–Kier alpha value is 0.0969. The molecule has 0 aromatic rings. The Morgan fingerprint density at radius 3 is 2.44 bits per heavy atom. The van der Waals surface area contributed by atoms with E-state index in [1.807, 2.05) is 13.1 Å². The van der Waals surface area contributed by atoms with Gasteiger partial charge >= 0.3 is 0 Å². The van der Waals surface area contributed by atoms with Crippen molar-refractivity contribution in [2.45, 2.75) is 13.1 Å². The van der Waals surface area contributed by atoms with Gasteiger partial charge in [-0.15, -0.1) is 0 Å². The van der Waals surface area contributed by atoms with Crippen LogP contribution in [-0.2, 0) is 0 Å². The Bertz CT molecular complexity index is 71.8. The molecule has 0 atom stereocenters. The molecule has 9 heavy (non-hydrogen) atoms. The van der Waals surface area contributed by atoms with Crippen molar-refractivity contribution in [2.75, 3.05) is 19.3 Å². The zero-order valence-electron chi connectivity index (χ0n) is 6.15. The van der Waals surface area contributed by atoms with E-state index in [9.17, 15) is 4.80 Å². The fourth-order valence-corrected chi connectivity index (χ4v) is 1.28. The van der Waals surface area contributed by atoms with Crippen LogP contribution < -0.4 is 11.1 Å². The van der Waals surface area contributed by atoms with Crippen molar-refractivity contribution in [3.05, 3.63) is 0 Å². The van der Waals surface area contributed by atoms with Crippen molar-refractivity contribution < 1.29 is 4.80 Å². The zero-order chi connectivity index (χ0) is 7.33. The Labute approximate surface area is 57.4 Å². The molecular formula is C5H16N2OSi. The van der Waals surface area contributed by atoms with Crippen LogP contribution in [0.4, 0.5) is 0 Å². The van der Waals surface area contributed by atoms with Crippen LogP contribution in [0.2, 0.25) is 13.1 Å². The first-order valence-electron chi connectivity index (χ1n) is 3.19. The van der Waals surface area contributed by atoms with Gasteiger partial charge in [0.05, 0.1) is 0 Å². The SMILES string of the molecule is C[Si](C)(O)CNCCN. The monoisotopic (exact) mass is 148 g/mol. The highest BCUT2D eigenvalue weighted by Crippen LogP contribution is 1.90. The Kier molecular flexibility index (Phi) is 4.04. The van der Waals surface area contributed by atoms with Gasteiger partial charge in [0.25, 0.3) is 0 Å². The van der Waals surface area contributed by atoms with E-state index in [1.54, 1.807) is 0 Å². The normalized spacial score (nSPS) is 12.0. The van der Waals surface area contributed by atoms with Gasteiger partial charge in [0.15, 0.2) is 8.32 Å². The van der Waals surface area contributed by atoms with Gasteiger partial charge in [-0.1, -0.05) is 0 Å². The molecule has 0 aliphatic carbocycles. The van der Waals surface area contributed by atoms with E-state index in [2.05, 4.69) is 5.32 Å². The quantitative estimate of drug-likeness (QED) is 0.364. The summed E-state index contributed by atoms with van der Waals surface area (Å²) in [5.74, 6) is 0. The summed E-state index contributed by atoms with van der Waals surface area (Å²) in [6, 6.07) is 0. The molecule has 0 heterocycles. The Morgan fingerprint density at radius 1 is 1.56 bits per heavy atom. The van der Waals surface area contributed by atoms with Crippen molar-refractivity contribution in [1.82, 2.24) is 5.32 Å². The van der Waals surface area contributed by atoms with Gasteiger partial charge in [0, 0.05) is 19.3 Å². The van der Waals surface area contributed by atoms with Gasteiger partial charge in [-0.25, -0.2) is 0 Å². The summed E-state index contributed by atoms with van der Waals surface area (Å²) in [4.78, 5) is 9.28. The summed E-state index contributed by atoms with van der Waals surface area (Å²) in [6.45, 7) is 5.24. The smallest absolute Gasteiger partial charge is 0.196 e. The zero-order valence-corrected chi connectivity index (χ0v) is 7.15. The molecule has 0 spiro atoms. The van der Waals surface area contributed by atoms with E-state index in [1.165, 1.54) is 0 Å². The largest absolute Gasteiger partial charge is 0.431 e. The summed E-state index contributed by atoms with van der Waals surface area (Å²) in [7, 11) is -1.86. The lowest BCUT2D eigenvalue weighted by molar-refractivity contribution is 0.537. The molecule has 0 aromatic heterocycles. The third-order valence-electron chi connectivity index (χ3n) is 0.879. The number of nitrogens with two attached hydrogens (primary N) is 1. The second-order valence-electron chi connectivity index (χ2n) is 2.78. The predicted octanol–water partition coefficient (Wildman–Crippen LogP) is -0.729. The maximum Gasteiger partial charge on any atom is 0.196 e. The topological polar surface area (TPSA) is 58.3 Å². The van der Waals surface area contributed by atoms with Crippen LogP contribution in [0.3, 0.4) is 0 Å². The summed E-state index contributed by atoms with van der Waals surface area (Å²) < 4.78 is 0. The number of hydrogen-bond donors (Lipinski definition) is 3. The molecule has 0 aliphatic rings. The standard InChI is InChI=1S/C5H16N2OSi/c1-9(2,8)5-7-4-3-6/h7-8H,3-6H2,1-2H3. The molecule has 4 N–H and O–H groups in total. The molecule has 0 aliphatic heterocycles. The van der Waals surface area contributed by atoms with Crippen LogP contribution in [0.15, 0.2) is 0 Å². The minimum Gasteiger partial charge on any atom is -0.431 e. The van der Waals surface area contributed by atoms with Crippen molar-refractivity contribution in [3.8, 4) is 0 Å². The molecule has 0 saturated heterocycles. The Morgan fingerprint density at radius 2 is 2.11 bits per heavy atom. The lowest BCUT2D eigenvalue weighted by Gasteiger charge is -2.13. The minimum atomic E-state index is -1.86. The number of rotatable bonds is 4. The molecule has 0 amide bonds. The number of nitrogens with one attached hydrogen (secondary N) is 1. The highest BCUT2D eigenvalue weighted by atomic mass is 28.4. The van der Waals surface area contributed by atoms with E-state index in [-0.39, 0.29) is 0 Å². The minimum absolute atomic E-state index is 0.643. The molecule has 0 rings (SSSR count). The second kappa shape index (κ2) is 4.00. The first-order valence-corrected chi connectivity index (χ1v) is 6.35. The third-order valence-corrected chi connectivity index (χ3v) is 1.99. The van der Waals surface area contributed by atoms with E-state index in [0.29, 0.717) is 6.54 Å². The van der Waals surface area contributed by atoms with E-state index >= 15 is 0 Å². The predicted molar refractivity (Wildman–Crippen MR) is 41.6 cm³/mol. The average molecular weight is 148 g/mol. The second-order valence-corrected chi connectivity index (χ2v) is 6.76. The molecule has 0 fully saturated rings. The molecule has 0 unspecified atom stereocenters. The fourth-order valence-electron chi connectivity index (χ4n) is 0.496.